The Morgan fingerprint density at radius 2 is 1.94 bits per heavy atom. The summed E-state index contributed by atoms with van der Waals surface area (Å²) >= 11 is 4.71. The van der Waals surface area contributed by atoms with Crippen LogP contribution in [0.1, 0.15) is 16.7 Å². The lowest BCUT2D eigenvalue weighted by molar-refractivity contribution is -0.115. The molecular weight excluding hydrogens is 521 g/mol. The van der Waals surface area contributed by atoms with Crippen LogP contribution in [0.2, 0.25) is 0 Å². The monoisotopic (exact) mass is 537 g/mol. The van der Waals surface area contributed by atoms with Gasteiger partial charge in [0.2, 0.25) is 0 Å². The molecule has 3 aromatic rings. The lowest BCUT2D eigenvalue weighted by Gasteiger charge is -2.13. The van der Waals surface area contributed by atoms with Crippen LogP contribution in [0.3, 0.4) is 0 Å². The second kappa shape index (κ2) is 10.5. The number of benzene rings is 3. The molecule has 0 saturated carbocycles. The Morgan fingerprint density at radius 1 is 1.18 bits per heavy atom. The molecule has 0 aromatic heterocycles. The summed E-state index contributed by atoms with van der Waals surface area (Å²) in [7, 11) is 1.53. The number of carbonyl (C=O) groups is 1. The van der Waals surface area contributed by atoms with E-state index in [1.165, 1.54) is 43.1 Å². The second-order valence-corrected chi connectivity index (χ2v) is 8.93. The molecule has 0 radical (unpaired) electrons. The molecule has 1 aliphatic rings. The Morgan fingerprint density at radius 3 is 2.68 bits per heavy atom. The average Bonchev–Trinajstić information content (AvgIpc) is 3.19. The molecule has 4 rings (SSSR count). The van der Waals surface area contributed by atoms with Crippen molar-refractivity contribution in [2.75, 3.05) is 7.11 Å². The van der Waals surface area contributed by atoms with E-state index >= 15 is 0 Å². The van der Waals surface area contributed by atoms with E-state index in [0.717, 1.165) is 5.56 Å². The lowest BCUT2D eigenvalue weighted by atomic mass is 10.1. The summed E-state index contributed by atoms with van der Waals surface area (Å²) in [4.78, 5) is 17.2. The Balaban J connectivity index is 1.55. The molecule has 9 heteroatoms. The fourth-order valence-corrected chi connectivity index (χ4v) is 4.37. The van der Waals surface area contributed by atoms with E-state index in [1.807, 2.05) is 12.1 Å². The van der Waals surface area contributed by atoms with Gasteiger partial charge in [-0.1, -0.05) is 34.1 Å². The lowest BCUT2D eigenvalue weighted by Crippen LogP contribution is -2.19. The topological polar surface area (TPSA) is 83.7 Å². The molecule has 1 saturated heterocycles. The van der Waals surface area contributed by atoms with E-state index in [-0.39, 0.29) is 18.3 Å². The summed E-state index contributed by atoms with van der Waals surface area (Å²) in [6, 6.07) is 18.6. The zero-order valence-corrected chi connectivity index (χ0v) is 20.2. The molecule has 0 bridgehead atoms. The molecule has 1 aliphatic heterocycles. The van der Waals surface area contributed by atoms with Crippen LogP contribution < -0.4 is 14.8 Å². The number of nitriles is 1. The van der Waals surface area contributed by atoms with Crippen molar-refractivity contribution in [3.63, 3.8) is 0 Å². The van der Waals surface area contributed by atoms with Gasteiger partial charge >= 0.3 is 0 Å². The molecule has 3 aromatic carbocycles. The first-order valence-corrected chi connectivity index (χ1v) is 11.6. The number of ether oxygens (including phenoxy) is 2. The van der Waals surface area contributed by atoms with E-state index < -0.39 is 0 Å². The SMILES string of the molecule is COc1cc(C=C2SC(=Nc3ccc(F)cc3)NC2=O)c(Br)cc1OCc1ccccc1C#N. The van der Waals surface area contributed by atoms with Gasteiger partial charge in [0.05, 0.1) is 29.3 Å². The van der Waals surface area contributed by atoms with Crippen molar-refractivity contribution in [1.29, 1.82) is 5.26 Å². The molecule has 170 valence electrons. The molecule has 0 aliphatic carbocycles. The van der Waals surface area contributed by atoms with Crippen LogP contribution in [0.15, 0.2) is 75.0 Å². The molecule has 6 nitrogen and oxygen atoms in total. The number of methoxy groups -OCH3 is 1. The maximum Gasteiger partial charge on any atom is 0.264 e. The molecule has 1 N–H and O–H groups in total. The number of thioether (sulfide) groups is 1. The van der Waals surface area contributed by atoms with E-state index in [9.17, 15) is 14.4 Å². The molecular formula is C25H17BrFN3O3S. The van der Waals surface area contributed by atoms with Gasteiger partial charge in [0.1, 0.15) is 12.4 Å². The summed E-state index contributed by atoms with van der Waals surface area (Å²) < 4.78 is 25.2. The van der Waals surface area contributed by atoms with Gasteiger partial charge in [-0.05, 0) is 65.9 Å². The Kier molecular flexibility index (Phi) is 7.30. The third-order valence-corrected chi connectivity index (χ3v) is 6.40. The van der Waals surface area contributed by atoms with Crippen LogP contribution in [0.4, 0.5) is 10.1 Å². The van der Waals surface area contributed by atoms with Gasteiger partial charge in [0.25, 0.3) is 5.91 Å². The van der Waals surface area contributed by atoms with E-state index in [0.29, 0.717) is 42.9 Å². The van der Waals surface area contributed by atoms with Crippen molar-refractivity contribution in [2.45, 2.75) is 6.61 Å². The summed E-state index contributed by atoms with van der Waals surface area (Å²) in [5, 5.41) is 12.4. The predicted octanol–water partition coefficient (Wildman–Crippen LogP) is 5.94. The van der Waals surface area contributed by atoms with Crippen molar-refractivity contribution in [3.05, 3.63) is 92.5 Å². The van der Waals surface area contributed by atoms with Crippen molar-refractivity contribution in [1.82, 2.24) is 5.32 Å². The van der Waals surface area contributed by atoms with Crippen molar-refractivity contribution < 1.29 is 18.7 Å². The minimum absolute atomic E-state index is 0.203. The summed E-state index contributed by atoms with van der Waals surface area (Å²) in [6.07, 6.45) is 1.72. The highest BCUT2D eigenvalue weighted by molar-refractivity contribution is 9.10. The summed E-state index contributed by atoms with van der Waals surface area (Å²) in [5.41, 5.74) is 2.56. The number of nitrogens with one attached hydrogen (secondary N) is 1. The standard InChI is InChI=1S/C25H17BrFN3O3S/c1-32-21-10-17(20(26)12-22(21)33-14-16-5-3-2-4-15(16)13-28)11-23-24(31)30-25(34-23)29-19-8-6-18(27)7-9-19/h2-12H,14H2,1H3,(H,29,30,31). The highest BCUT2D eigenvalue weighted by atomic mass is 79.9. The normalized spacial score (nSPS) is 15.3. The van der Waals surface area contributed by atoms with Crippen molar-refractivity contribution in [2.24, 2.45) is 4.99 Å². The molecule has 0 spiro atoms. The van der Waals surface area contributed by atoms with Gasteiger partial charge in [-0.15, -0.1) is 0 Å². The Bertz CT molecular complexity index is 1350. The van der Waals surface area contributed by atoms with Crippen LogP contribution >= 0.6 is 27.7 Å². The number of halogens is 2. The molecule has 0 unspecified atom stereocenters. The number of rotatable bonds is 6. The zero-order chi connectivity index (χ0) is 24.1. The third-order valence-electron chi connectivity index (χ3n) is 4.80. The average molecular weight is 538 g/mol. The highest BCUT2D eigenvalue weighted by Gasteiger charge is 2.24. The van der Waals surface area contributed by atoms with Gasteiger partial charge in [-0.3, -0.25) is 4.79 Å². The second-order valence-electron chi connectivity index (χ2n) is 7.04. The maximum absolute atomic E-state index is 13.1. The number of hydrogen-bond donors (Lipinski definition) is 1. The number of hydrogen-bond acceptors (Lipinski definition) is 6. The number of nitrogens with zero attached hydrogens (tertiary/aromatic N) is 2. The summed E-state index contributed by atoms with van der Waals surface area (Å²) in [6.45, 7) is 0.203. The predicted molar refractivity (Wildman–Crippen MR) is 133 cm³/mol. The van der Waals surface area contributed by atoms with Gasteiger partial charge < -0.3 is 14.8 Å². The molecule has 0 atom stereocenters. The van der Waals surface area contributed by atoms with Crippen molar-refractivity contribution >= 4 is 50.5 Å². The highest BCUT2D eigenvalue weighted by Crippen LogP contribution is 2.37. The molecule has 1 heterocycles. The number of amides is 1. The first-order chi connectivity index (χ1) is 16.5. The van der Waals surface area contributed by atoms with Gasteiger partial charge in [0.15, 0.2) is 16.7 Å². The molecule has 1 fully saturated rings. The number of aliphatic imine (C=N–C) groups is 1. The van der Waals surface area contributed by atoms with Crippen LogP contribution in [-0.2, 0) is 11.4 Å². The third kappa shape index (κ3) is 5.47. The van der Waals surface area contributed by atoms with Gasteiger partial charge in [-0.2, -0.15) is 5.26 Å². The first kappa shape index (κ1) is 23.5. The summed E-state index contributed by atoms with van der Waals surface area (Å²) in [5.74, 6) is 0.331. The van der Waals surface area contributed by atoms with Crippen molar-refractivity contribution in [3.8, 4) is 17.6 Å². The van der Waals surface area contributed by atoms with E-state index in [4.69, 9.17) is 9.47 Å². The Labute approximate surface area is 208 Å². The minimum atomic E-state index is -0.354. The smallest absolute Gasteiger partial charge is 0.264 e. The molecule has 1 amide bonds. The molecule has 34 heavy (non-hydrogen) atoms. The zero-order valence-electron chi connectivity index (χ0n) is 17.8. The first-order valence-electron chi connectivity index (χ1n) is 10.0. The van der Waals surface area contributed by atoms with Gasteiger partial charge in [-0.25, -0.2) is 9.38 Å². The van der Waals surface area contributed by atoms with E-state index in [2.05, 4.69) is 32.3 Å². The maximum atomic E-state index is 13.1. The van der Waals surface area contributed by atoms with Crippen LogP contribution in [0.5, 0.6) is 11.5 Å². The Hall–Kier alpha value is -3.61. The van der Waals surface area contributed by atoms with E-state index in [1.54, 1.807) is 30.3 Å². The van der Waals surface area contributed by atoms with Crippen LogP contribution in [0.25, 0.3) is 6.08 Å². The van der Waals surface area contributed by atoms with Gasteiger partial charge in [0, 0.05) is 10.0 Å². The minimum Gasteiger partial charge on any atom is -0.493 e. The number of amidine groups is 1. The van der Waals surface area contributed by atoms with Crippen LogP contribution in [-0.4, -0.2) is 18.2 Å². The fourth-order valence-electron chi connectivity index (χ4n) is 3.10. The number of carbonyl (C=O) groups excluding carboxylic acids is 1. The fraction of sp³-hybridized carbons (Fsp3) is 0.0800. The largest absolute Gasteiger partial charge is 0.493 e. The van der Waals surface area contributed by atoms with Crippen LogP contribution in [0, 0.1) is 17.1 Å². The quantitative estimate of drug-likeness (QED) is 0.393.